The standard InChI is InChI=1S/C15H16INO3S/c1-20-13-5-3-2-4-11(13)9-17(6-7-18)15(19)12-8-14(16)21-10-12/h2-5,8,10,18H,6-7,9H2,1H3. The van der Waals surface area contributed by atoms with Gasteiger partial charge in [0.1, 0.15) is 5.75 Å². The van der Waals surface area contributed by atoms with Crippen LogP contribution < -0.4 is 4.74 Å². The number of nitrogens with zero attached hydrogens (tertiary/aromatic N) is 1. The maximum absolute atomic E-state index is 12.5. The molecule has 0 radical (unpaired) electrons. The van der Waals surface area contributed by atoms with Crippen LogP contribution in [-0.4, -0.2) is 36.2 Å². The van der Waals surface area contributed by atoms with Crippen molar-refractivity contribution in [1.29, 1.82) is 0 Å². The molecule has 0 unspecified atom stereocenters. The molecule has 0 fully saturated rings. The van der Waals surface area contributed by atoms with Crippen molar-refractivity contribution in [2.75, 3.05) is 20.3 Å². The Balaban J connectivity index is 2.21. The monoisotopic (exact) mass is 417 g/mol. The Hall–Kier alpha value is -1.12. The van der Waals surface area contributed by atoms with E-state index in [9.17, 15) is 9.90 Å². The minimum atomic E-state index is -0.0749. The molecule has 0 spiro atoms. The van der Waals surface area contributed by atoms with E-state index in [-0.39, 0.29) is 12.5 Å². The molecule has 0 aliphatic rings. The van der Waals surface area contributed by atoms with Crippen LogP contribution in [0.1, 0.15) is 15.9 Å². The lowest BCUT2D eigenvalue weighted by Crippen LogP contribution is -2.33. The van der Waals surface area contributed by atoms with E-state index in [0.29, 0.717) is 18.7 Å². The molecule has 0 aliphatic carbocycles. The number of ether oxygens (including phenoxy) is 1. The van der Waals surface area contributed by atoms with Crippen LogP contribution in [-0.2, 0) is 6.54 Å². The zero-order valence-corrected chi connectivity index (χ0v) is 14.6. The Morgan fingerprint density at radius 1 is 1.43 bits per heavy atom. The van der Waals surface area contributed by atoms with Crippen LogP contribution in [0.15, 0.2) is 35.7 Å². The van der Waals surface area contributed by atoms with Crippen LogP contribution in [0.5, 0.6) is 5.75 Å². The topological polar surface area (TPSA) is 49.8 Å². The van der Waals surface area contributed by atoms with Crippen molar-refractivity contribution in [3.05, 3.63) is 49.7 Å². The summed E-state index contributed by atoms with van der Waals surface area (Å²) in [5.41, 5.74) is 1.58. The number of carbonyl (C=O) groups is 1. The molecule has 0 bridgehead atoms. The lowest BCUT2D eigenvalue weighted by atomic mass is 10.1. The number of carbonyl (C=O) groups excluding carboxylic acids is 1. The predicted molar refractivity (Wildman–Crippen MR) is 91.9 cm³/mol. The van der Waals surface area contributed by atoms with Gasteiger partial charge in [-0.1, -0.05) is 18.2 Å². The Bertz CT molecular complexity index is 614. The van der Waals surface area contributed by atoms with E-state index < -0.39 is 0 Å². The molecule has 1 amide bonds. The van der Waals surface area contributed by atoms with Crippen LogP contribution >= 0.6 is 33.9 Å². The van der Waals surface area contributed by atoms with Gasteiger partial charge in [0.25, 0.3) is 5.91 Å². The minimum Gasteiger partial charge on any atom is -0.496 e. The summed E-state index contributed by atoms with van der Waals surface area (Å²) in [6, 6.07) is 9.45. The highest BCUT2D eigenvalue weighted by Gasteiger charge is 2.18. The molecule has 21 heavy (non-hydrogen) atoms. The largest absolute Gasteiger partial charge is 0.496 e. The van der Waals surface area contributed by atoms with Crippen molar-refractivity contribution in [1.82, 2.24) is 4.90 Å². The van der Waals surface area contributed by atoms with Crippen LogP contribution in [0.25, 0.3) is 0 Å². The molecule has 1 aromatic carbocycles. The van der Waals surface area contributed by atoms with Gasteiger partial charge in [0, 0.05) is 24.0 Å². The number of rotatable bonds is 6. The van der Waals surface area contributed by atoms with E-state index in [4.69, 9.17) is 4.74 Å². The quantitative estimate of drug-likeness (QED) is 0.736. The van der Waals surface area contributed by atoms with E-state index in [1.54, 1.807) is 12.0 Å². The second kappa shape index (κ2) is 7.77. The molecule has 0 saturated carbocycles. The zero-order valence-electron chi connectivity index (χ0n) is 11.6. The van der Waals surface area contributed by atoms with Gasteiger partial charge in [-0.2, -0.15) is 0 Å². The number of amides is 1. The molecule has 1 N–H and O–H groups in total. The van der Waals surface area contributed by atoms with Crippen molar-refractivity contribution in [2.45, 2.75) is 6.54 Å². The van der Waals surface area contributed by atoms with Crippen LogP contribution in [0.4, 0.5) is 0 Å². The summed E-state index contributed by atoms with van der Waals surface area (Å²) in [5, 5.41) is 11.1. The SMILES string of the molecule is COc1ccccc1CN(CCO)C(=O)c1csc(I)c1. The van der Waals surface area contributed by atoms with Gasteiger partial charge >= 0.3 is 0 Å². The zero-order chi connectivity index (χ0) is 15.2. The highest BCUT2D eigenvalue weighted by Crippen LogP contribution is 2.22. The summed E-state index contributed by atoms with van der Waals surface area (Å²) in [4.78, 5) is 14.2. The Kier molecular flexibility index (Phi) is 6.01. The number of aliphatic hydroxyl groups excluding tert-OH is 1. The first kappa shape index (κ1) is 16.3. The van der Waals surface area contributed by atoms with Crippen molar-refractivity contribution in [3.8, 4) is 5.75 Å². The van der Waals surface area contributed by atoms with E-state index in [1.165, 1.54) is 11.3 Å². The second-order valence-electron chi connectivity index (χ2n) is 4.40. The lowest BCUT2D eigenvalue weighted by Gasteiger charge is -2.22. The Morgan fingerprint density at radius 2 is 2.19 bits per heavy atom. The van der Waals surface area contributed by atoms with E-state index in [2.05, 4.69) is 22.6 Å². The molecule has 1 aromatic heterocycles. The van der Waals surface area contributed by atoms with Gasteiger partial charge in [-0.15, -0.1) is 11.3 Å². The van der Waals surface area contributed by atoms with Crippen LogP contribution in [0.2, 0.25) is 0 Å². The summed E-state index contributed by atoms with van der Waals surface area (Å²) in [5.74, 6) is 0.669. The number of para-hydroxylation sites is 1. The molecule has 0 saturated heterocycles. The average Bonchev–Trinajstić information content (AvgIpc) is 2.93. The number of benzene rings is 1. The molecule has 0 atom stereocenters. The van der Waals surface area contributed by atoms with E-state index >= 15 is 0 Å². The number of aliphatic hydroxyl groups is 1. The number of hydrogen-bond acceptors (Lipinski definition) is 4. The number of thiophene rings is 1. The summed E-state index contributed by atoms with van der Waals surface area (Å²) in [7, 11) is 1.61. The third-order valence-corrected chi connectivity index (χ3v) is 4.81. The maximum Gasteiger partial charge on any atom is 0.255 e. The molecular formula is C15H16INO3S. The van der Waals surface area contributed by atoms with Gasteiger partial charge in [-0.25, -0.2) is 0 Å². The number of methoxy groups -OCH3 is 1. The Morgan fingerprint density at radius 3 is 2.81 bits per heavy atom. The normalized spacial score (nSPS) is 10.4. The molecule has 112 valence electrons. The van der Waals surface area contributed by atoms with Gasteiger partial charge in [0.15, 0.2) is 0 Å². The smallest absolute Gasteiger partial charge is 0.255 e. The fraction of sp³-hybridized carbons (Fsp3) is 0.267. The average molecular weight is 417 g/mol. The molecule has 2 aromatic rings. The van der Waals surface area contributed by atoms with Gasteiger partial charge in [0.2, 0.25) is 0 Å². The number of hydrogen-bond donors (Lipinski definition) is 1. The molecule has 2 rings (SSSR count). The summed E-state index contributed by atoms with van der Waals surface area (Å²) in [6.45, 7) is 0.640. The third kappa shape index (κ3) is 4.18. The first-order valence-corrected chi connectivity index (χ1v) is 8.37. The van der Waals surface area contributed by atoms with Gasteiger partial charge in [-0.05, 0) is 34.7 Å². The van der Waals surface area contributed by atoms with Crippen molar-refractivity contribution in [3.63, 3.8) is 0 Å². The molecule has 0 aliphatic heterocycles. The predicted octanol–water partition coefficient (Wildman–Crippen LogP) is 3.00. The first-order chi connectivity index (χ1) is 10.2. The first-order valence-electron chi connectivity index (χ1n) is 6.41. The van der Waals surface area contributed by atoms with Crippen LogP contribution in [0, 0.1) is 2.88 Å². The molecule has 1 heterocycles. The van der Waals surface area contributed by atoms with E-state index in [0.717, 1.165) is 14.2 Å². The number of halogens is 1. The summed E-state index contributed by atoms with van der Waals surface area (Å²) < 4.78 is 6.38. The third-order valence-electron chi connectivity index (χ3n) is 3.03. The van der Waals surface area contributed by atoms with Crippen molar-refractivity contribution >= 4 is 39.8 Å². The summed E-state index contributed by atoms with van der Waals surface area (Å²) in [6.07, 6.45) is 0. The van der Waals surface area contributed by atoms with Crippen LogP contribution in [0.3, 0.4) is 0 Å². The minimum absolute atomic E-state index is 0.0673. The van der Waals surface area contributed by atoms with Crippen molar-refractivity contribution in [2.24, 2.45) is 0 Å². The lowest BCUT2D eigenvalue weighted by molar-refractivity contribution is 0.0707. The molecule has 6 heteroatoms. The second-order valence-corrected chi connectivity index (χ2v) is 7.21. The van der Waals surface area contributed by atoms with Crippen molar-refractivity contribution < 1.29 is 14.6 Å². The fourth-order valence-corrected chi connectivity index (χ4v) is 3.34. The molecular weight excluding hydrogens is 401 g/mol. The highest BCUT2D eigenvalue weighted by atomic mass is 127. The summed E-state index contributed by atoms with van der Waals surface area (Å²) >= 11 is 3.73. The highest BCUT2D eigenvalue weighted by molar-refractivity contribution is 14.1. The maximum atomic E-state index is 12.5. The fourth-order valence-electron chi connectivity index (χ4n) is 2.02. The van der Waals surface area contributed by atoms with Gasteiger partial charge < -0.3 is 14.7 Å². The van der Waals surface area contributed by atoms with Gasteiger partial charge in [0.05, 0.1) is 22.2 Å². The molecule has 4 nitrogen and oxygen atoms in total. The Labute approximate surface area is 141 Å². The van der Waals surface area contributed by atoms with E-state index in [1.807, 2.05) is 35.7 Å². The van der Waals surface area contributed by atoms with Gasteiger partial charge in [-0.3, -0.25) is 4.79 Å².